The zero-order chi connectivity index (χ0) is 13.0. The van der Waals surface area contributed by atoms with E-state index < -0.39 is 0 Å². The van der Waals surface area contributed by atoms with Crippen LogP contribution >= 0.6 is 0 Å². The Morgan fingerprint density at radius 1 is 1.28 bits per heavy atom. The maximum absolute atomic E-state index is 9.11. The minimum atomic E-state index is 0.225. The first-order valence-electron chi connectivity index (χ1n) is 6.41. The lowest BCUT2D eigenvalue weighted by Crippen LogP contribution is -2.47. The molecule has 98 valence electrons. The average Bonchev–Trinajstić information content (AvgIpc) is 2.80. The molecule has 0 spiro atoms. The summed E-state index contributed by atoms with van der Waals surface area (Å²) in [7, 11) is 2.16. The number of aliphatic hydroxyl groups is 1. The lowest BCUT2D eigenvalue weighted by atomic mass is 10.3. The van der Waals surface area contributed by atoms with Crippen LogP contribution in [-0.4, -0.2) is 57.9 Å². The van der Waals surface area contributed by atoms with Crippen molar-refractivity contribution in [1.29, 1.82) is 0 Å². The van der Waals surface area contributed by atoms with Crippen molar-refractivity contribution in [3.63, 3.8) is 0 Å². The zero-order valence-electron chi connectivity index (χ0n) is 11.1. The van der Waals surface area contributed by atoms with Crippen molar-refractivity contribution in [1.82, 2.24) is 15.0 Å². The highest BCUT2D eigenvalue weighted by molar-refractivity contribution is 5.73. The molecular weight excluding hydrogens is 228 g/mol. The van der Waals surface area contributed by atoms with Crippen molar-refractivity contribution >= 4 is 11.0 Å². The third kappa shape index (κ3) is 2.68. The van der Waals surface area contributed by atoms with E-state index >= 15 is 0 Å². The number of rotatable bonds is 6. The zero-order valence-corrected chi connectivity index (χ0v) is 11.1. The summed E-state index contributed by atoms with van der Waals surface area (Å²) in [6, 6.07) is 7.99. The predicted octanol–water partition coefficient (Wildman–Crippen LogP) is 0.890. The Labute approximate surface area is 107 Å². The summed E-state index contributed by atoms with van der Waals surface area (Å²) in [6.07, 6.45) is 0. The molecule has 0 amide bonds. The highest BCUT2D eigenvalue weighted by atomic mass is 16.3. The summed E-state index contributed by atoms with van der Waals surface area (Å²) in [6.45, 7) is 5.93. The number of aliphatic hydroxyl groups excluding tert-OH is 1. The fourth-order valence-corrected chi connectivity index (χ4v) is 2.09. The van der Waals surface area contributed by atoms with E-state index in [-0.39, 0.29) is 6.61 Å². The lowest BCUT2D eigenvalue weighted by Gasteiger charge is -2.32. The van der Waals surface area contributed by atoms with Crippen LogP contribution in [-0.2, 0) is 6.54 Å². The average molecular weight is 249 g/mol. The summed E-state index contributed by atoms with van der Waals surface area (Å²) in [5, 5.41) is 17.4. The molecule has 1 atom stereocenters. The van der Waals surface area contributed by atoms with Crippen LogP contribution in [0, 0.1) is 0 Å². The van der Waals surface area contributed by atoms with E-state index in [1.807, 2.05) is 28.9 Å². The summed E-state index contributed by atoms with van der Waals surface area (Å²) in [5.41, 5.74) is 2.01. The molecule has 1 aromatic carbocycles. The third-order valence-corrected chi connectivity index (χ3v) is 3.68. The van der Waals surface area contributed by atoms with Crippen LogP contribution in [0.2, 0.25) is 0 Å². The molecule has 1 heterocycles. The molecule has 0 radical (unpaired) electrons. The maximum Gasteiger partial charge on any atom is 0.113 e. The van der Waals surface area contributed by atoms with E-state index in [1.165, 1.54) is 0 Å². The normalized spacial score (nSPS) is 14.8. The molecule has 0 saturated heterocycles. The predicted molar refractivity (Wildman–Crippen MR) is 71.1 cm³/mol. The van der Waals surface area contributed by atoms with Gasteiger partial charge in [-0.25, -0.2) is 4.68 Å². The molecule has 5 heteroatoms. The van der Waals surface area contributed by atoms with E-state index in [9.17, 15) is 0 Å². The van der Waals surface area contributed by atoms with Gasteiger partial charge >= 0.3 is 0 Å². The second-order valence-electron chi connectivity index (χ2n) is 4.91. The summed E-state index contributed by atoms with van der Waals surface area (Å²) < 4.78 is 2.80. The summed E-state index contributed by atoms with van der Waals surface area (Å²) >= 11 is 0. The second kappa shape index (κ2) is 5.46. The van der Waals surface area contributed by atoms with Crippen molar-refractivity contribution in [2.45, 2.75) is 13.5 Å². The quantitative estimate of drug-likeness (QED) is 0.774. The monoisotopic (exact) mass is 249 g/mol. The van der Waals surface area contributed by atoms with Gasteiger partial charge in [-0.05, 0) is 19.1 Å². The van der Waals surface area contributed by atoms with Crippen LogP contribution in [0.1, 0.15) is 6.92 Å². The van der Waals surface area contributed by atoms with Crippen LogP contribution in [0.25, 0.3) is 11.0 Å². The number of nitrogens with zero attached hydrogens (tertiary/aromatic N) is 4. The van der Waals surface area contributed by atoms with E-state index in [2.05, 4.69) is 24.3 Å². The molecule has 2 rings (SSSR count). The minimum Gasteiger partial charge on any atom is -0.391 e. The smallest absolute Gasteiger partial charge is 0.113 e. The standard InChI is InChI=1S/C13H21N4O/c1-3-17(2,10-11-18)9-8-16-13-7-5-4-6-12(13)14-15-16/h4-7,18H,3,8-11H2,1-2H3/q+1. The number of benzene rings is 1. The van der Waals surface area contributed by atoms with Crippen molar-refractivity contribution in [2.75, 3.05) is 33.3 Å². The Morgan fingerprint density at radius 3 is 2.78 bits per heavy atom. The van der Waals surface area contributed by atoms with Gasteiger partial charge in [0, 0.05) is 0 Å². The van der Waals surface area contributed by atoms with Gasteiger partial charge in [-0.1, -0.05) is 17.3 Å². The Kier molecular flexibility index (Phi) is 3.93. The number of likely N-dealkylation sites (N-methyl/N-ethyl adjacent to an activating group) is 1. The molecule has 0 aliphatic carbocycles. The first kappa shape index (κ1) is 13.0. The number of hydrogen-bond acceptors (Lipinski definition) is 3. The first-order chi connectivity index (χ1) is 8.68. The van der Waals surface area contributed by atoms with Crippen molar-refractivity contribution in [3.05, 3.63) is 24.3 Å². The Morgan fingerprint density at radius 2 is 2.06 bits per heavy atom. The van der Waals surface area contributed by atoms with Gasteiger partial charge in [0.05, 0.1) is 38.8 Å². The Bertz CT molecular complexity index is 510. The fourth-order valence-electron chi connectivity index (χ4n) is 2.09. The maximum atomic E-state index is 9.11. The molecule has 1 aromatic heterocycles. The summed E-state index contributed by atoms with van der Waals surface area (Å²) in [4.78, 5) is 0. The largest absolute Gasteiger partial charge is 0.391 e. The van der Waals surface area contributed by atoms with Crippen LogP contribution in [0.15, 0.2) is 24.3 Å². The Hall–Kier alpha value is -1.46. The molecule has 0 bridgehead atoms. The lowest BCUT2D eigenvalue weighted by molar-refractivity contribution is -0.908. The topological polar surface area (TPSA) is 50.9 Å². The van der Waals surface area contributed by atoms with Gasteiger partial charge in [0.15, 0.2) is 0 Å². The van der Waals surface area contributed by atoms with Gasteiger partial charge in [0.25, 0.3) is 0 Å². The van der Waals surface area contributed by atoms with E-state index in [0.717, 1.165) is 41.7 Å². The highest BCUT2D eigenvalue weighted by Gasteiger charge is 2.18. The molecule has 5 nitrogen and oxygen atoms in total. The van der Waals surface area contributed by atoms with E-state index in [4.69, 9.17) is 5.11 Å². The van der Waals surface area contributed by atoms with E-state index in [1.54, 1.807) is 0 Å². The van der Waals surface area contributed by atoms with Crippen molar-refractivity contribution < 1.29 is 9.59 Å². The molecular formula is C13H21N4O+. The van der Waals surface area contributed by atoms with Gasteiger partial charge in [-0.3, -0.25) is 0 Å². The fraction of sp³-hybridized carbons (Fsp3) is 0.538. The van der Waals surface area contributed by atoms with Crippen LogP contribution in [0.3, 0.4) is 0 Å². The number of fused-ring (bicyclic) bond motifs is 1. The SMILES string of the molecule is CC[N+](C)(CCO)CCn1nnc2ccccc21. The van der Waals surface area contributed by atoms with Crippen molar-refractivity contribution in [2.24, 2.45) is 0 Å². The number of hydrogen-bond donors (Lipinski definition) is 1. The molecule has 0 aliphatic rings. The molecule has 0 saturated carbocycles. The van der Waals surface area contributed by atoms with Gasteiger partial charge in [-0.2, -0.15) is 0 Å². The van der Waals surface area contributed by atoms with Crippen molar-refractivity contribution in [3.8, 4) is 0 Å². The van der Waals surface area contributed by atoms with Crippen LogP contribution < -0.4 is 0 Å². The highest BCUT2D eigenvalue weighted by Crippen LogP contribution is 2.10. The Balaban J connectivity index is 2.10. The second-order valence-corrected chi connectivity index (χ2v) is 4.91. The number of aromatic nitrogens is 3. The first-order valence-corrected chi connectivity index (χ1v) is 6.41. The number of quaternary nitrogens is 1. The van der Waals surface area contributed by atoms with Gasteiger partial charge in [-0.15, -0.1) is 5.10 Å². The minimum absolute atomic E-state index is 0.225. The molecule has 1 unspecified atom stereocenters. The number of para-hydroxylation sites is 1. The molecule has 2 aromatic rings. The summed E-state index contributed by atoms with van der Waals surface area (Å²) in [5.74, 6) is 0. The molecule has 0 fully saturated rings. The van der Waals surface area contributed by atoms with Gasteiger partial charge in [0.1, 0.15) is 12.1 Å². The molecule has 1 N–H and O–H groups in total. The van der Waals surface area contributed by atoms with E-state index in [0.29, 0.717) is 0 Å². The van der Waals surface area contributed by atoms with Crippen LogP contribution in [0.4, 0.5) is 0 Å². The van der Waals surface area contributed by atoms with Gasteiger partial charge in [0.2, 0.25) is 0 Å². The van der Waals surface area contributed by atoms with Gasteiger partial charge < -0.3 is 9.59 Å². The molecule has 18 heavy (non-hydrogen) atoms. The van der Waals surface area contributed by atoms with Crippen LogP contribution in [0.5, 0.6) is 0 Å². The third-order valence-electron chi connectivity index (χ3n) is 3.68. The molecule has 0 aliphatic heterocycles.